The van der Waals surface area contributed by atoms with Gasteiger partial charge in [0.05, 0.1) is 18.6 Å². The fourth-order valence-corrected chi connectivity index (χ4v) is 4.78. The summed E-state index contributed by atoms with van der Waals surface area (Å²) >= 11 is 0. The molecule has 2 aromatic rings. The van der Waals surface area contributed by atoms with Crippen LogP contribution in [0.25, 0.3) is 0 Å². The van der Waals surface area contributed by atoms with Crippen molar-refractivity contribution in [3.8, 4) is 11.5 Å². The summed E-state index contributed by atoms with van der Waals surface area (Å²) in [5.41, 5.74) is 0. The molecule has 3 rings (SSSR count). The number of para-hydroxylation sites is 1. The number of sulfonamides is 1. The summed E-state index contributed by atoms with van der Waals surface area (Å²) in [6, 6.07) is 14.5. The number of carbonyl (C=O) groups excluding carboxylic acids is 1. The monoisotopic (exact) mass is 390 g/mol. The Kier molecular flexibility index (Phi) is 5.67. The molecule has 1 fully saturated rings. The average Bonchev–Trinajstić information content (AvgIpc) is 3.13. The van der Waals surface area contributed by atoms with Gasteiger partial charge in [0.15, 0.2) is 0 Å². The first-order valence-corrected chi connectivity index (χ1v) is 9.99. The van der Waals surface area contributed by atoms with Gasteiger partial charge < -0.3 is 14.8 Å². The molecule has 0 bridgehead atoms. The molecule has 1 aliphatic heterocycles. The number of hydrogen-bond donors (Lipinski definition) is 1. The minimum absolute atomic E-state index is 0.0797. The Morgan fingerprint density at radius 2 is 1.81 bits per heavy atom. The van der Waals surface area contributed by atoms with E-state index in [2.05, 4.69) is 5.32 Å². The molecule has 8 heteroatoms. The van der Waals surface area contributed by atoms with E-state index in [-0.39, 0.29) is 23.8 Å². The Morgan fingerprint density at radius 1 is 1.11 bits per heavy atom. The van der Waals surface area contributed by atoms with Crippen LogP contribution in [0.15, 0.2) is 59.5 Å². The van der Waals surface area contributed by atoms with Crippen molar-refractivity contribution in [2.45, 2.75) is 23.5 Å². The van der Waals surface area contributed by atoms with Crippen LogP contribution in [0, 0.1) is 0 Å². The van der Waals surface area contributed by atoms with Crippen LogP contribution >= 0.6 is 0 Å². The molecule has 2 aromatic carbocycles. The molecule has 0 spiro atoms. The molecule has 2 atom stereocenters. The molecule has 1 heterocycles. The highest BCUT2D eigenvalue weighted by Gasteiger charge is 2.44. The van der Waals surface area contributed by atoms with Crippen LogP contribution in [-0.2, 0) is 14.8 Å². The molecule has 0 radical (unpaired) electrons. The van der Waals surface area contributed by atoms with E-state index in [0.717, 1.165) is 0 Å². The SMILES string of the molecule is CNC(=O)[C@@H]1C[C@H](Oc2ccccc2)CN1S(=O)(=O)c1cccc(OC)c1. The fraction of sp³-hybridized carbons (Fsp3) is 0.316. The number of hydrogen-bond acceptors (Lipinski definition) is 5. The van der Waals surface area contributed by atoms with E-state index < -0.39 is 22.2 Å². The average molecular weight is 390 g/mol. The van der Waals surface area contributed by atoms with Crippen LogP contribution in [0.1, 0.15) is 6.42 Å². The van der Waals surface area contributed by atoms with Gasteiger partial charge in [0.1, 0.15) is 23.6 Å². The Balaban J connectivity index is 1.89. The van der Waals surface area contributed by atoms with Gasteiger partial charge in [-0.2, -0.15) is 4.31 Å². The molecule has 27 heavy (non-hydrogen) atoms. The number of carbonyl (C=O) groups is 1. The van der Waals surface area contributed by atoms with Gasteiger partial charge in [-0.1, -0.05) is 24.3 Å². The number of rotatable bonds is 6. The van der Waals surface area contributed by atoms with Gasteiger partial charge in [-0.3, -0.25) is 4.79 Å². The maximum atomic E-state index is 13.2. The van der Waals surface area contributed by atoms with Gasteiger partial charge in [0.2, 0.25) is 15.9 Å². The molecular formula is C19H22N2O5S. The van der Waals surface area contributed by atoms with E-state index in [1.807, 2.05) is 18.2 Å². The van der Waals surface area contributed by atoms with Gasteiger partial charge in [-0.25, -0.2) is 8.42 Å². The van der Waals surface area contributed by atoms with Crippen molar-refractivity contribution < 1.29 is 22.7 Å². The molecule has 0 aromatic heterocycles. The summed E-state index contributed by atoms with van der Waals surface area (Å²) in [6.07, 6.45) is -0.146. The van der Waals surface area contributed by atoms with Crippen molar-refractivity contribution in [3.63, 3.8) is 0 Å². The standard InChI is InChI=1S/C19H22N2O5S/c1-20-19(22)18-12-16(26-14-7-4-3-5-8-14)13-21(18)27(23,24)17-10-6-9-15(11-17)25-2/h3-11,16,18H,12-13H2,1-2H3,(H,20,22)/t16-,18-/m0/s1. The smallest absolute Gasteiger partial charge is 0.244 e. The van der Waals surface area contributed by atoms with Crippen LogP contribution in [0.2, 0.25) is 0 Å². The first-order chi connectivity index (χ1) is 13.0. The van der Waals surface area contributed by atoms with Crippen LogP contribution in [-0.4, -0.2) is 51.5 Å². The van der Waals surface area contributed by atoms with Crippen LogP contribution < -0.4 is 14.8 Å². The Bertz CT molecular complexity index is 901. The summed E-state index contributed by atoms with van der Waals surface area (Å²) in [5.74, 6) is 0.711. The number of methoxy groups -OCH3 is 1. The number of nitrogens with one attached hydrogen (secondary N) is 1. The number of ether oxygens (including phenoxy) is 2. The molecule has 0 unspecified atom stereocenters. The second-order valence-corrected chi connectivity index (χ2v) is 8.06. The van der Waals surface area contributed by atoms with Crippen molar-refractivity contribution in [2.75, 3.05) is 20.7 Å². The molecule has 1 saturated heterocycles. The quantitative estimate of drug-likeness (QED) is 0.811. The van der Waals surface area contributed by atoms with Gasteiger partial charge in [-0.05, 0) is 24.3 Å². The van der Waals surface area contributed by atoms with E-state index in [9.17, 15) is 13.2 Å². The number of nitrogens with zero attached hydrogens (tertiary/aromatic N) is 1. The fourth-order valence-electron chi connectivity index (χ4n) is 3.11. The summed E-state index contributed by atoms with van der Waals surface area (Å²) in [5, 5.41) is 2.54. The summed E-state index contributed by atoms with van der Waals surface area (Å²) in [6.45, 7) is 0.0898. The Morgan fingerprint density at radius 3 is 2.48 bits per heavy atom. The van der Waals surface area contributed by atoms with E-state index in [4.69, 9.17) is 9.47 Å². The van der Waals surface area contributed by atoms with E-state index in [1.54, 1.807) is 24.3 Å². The summed E-state index contributed by atoms with van der Waals surface area (Å²) in [7, 11) is -0.927. The van der Waals surface area contributed by atoms with Crippen molar-refractivity contribution in [3.05, 3.63) is 54.6 Å². The lowest BCUT2D eigenvalue weighted by Crippen LogP contribution is -2.44. The highest BCUT2D eigenvalue weighted by molar-refractivity contribution is 7.89. The lowest BCUT2D eigenvalue weighted by molar-refractivity contribution is -0.123. The Hall–Kier alpha value is -2.58. The van der Waals surface area contributed by atoms with E-state index in [1.165, 1.54) is 30.6 Å². The number of amides is 1. The second-order valence-electron chi connectivity index (χ2n) is 6.17. The summed E-state index contributed by atoms with van der Waals surface area (Å²) < 4.78 is 38.6. The minimum Gasteiger partial charge on any atom is -0.497 e. The molecule has 0 saturated carbocycles. The maximum Gasteiger partial charge on any atom is 0.244 e. The zero-order valence-electron chi connectivity index (χ0n) is 15.2. The van der Waals surface area contributed by atoms with Crippen molar-refractivity contribution in [1.29, 1.82) is 0 Å². The van der Waals surface area contributed by atoms with Crippen molar-refractivity contribution >= 4 is 15.9 Å². The normalized spacial score (nSPS) is 20.2. The van der Waals surface area contributed by atoms with E-state index >= 15 is 0 Å². The topological polar surface area (TPSA) is 84.9 Å². The van der Waals surface area contributed by atoms with Crippen LogP contribution in [0.3, 0.4) is 0 Å². The molecule has 1 aliphatic rings. The third-order valence-corrected chi connectivity index (χ3v) is 6.33. The van der Waals surface area contributed by atoms with Crippen LogP contribution in [0.4, 0.5) is 0 Å². The molecule has 1 N–H and O–H groups in total. The van der Waals surface area contributed by atoms with E-state index in [0.29, 0.717) is 11.5 Å². The van der Waals surface area contributed by atoms with Gasteiger partial charge in [0, 0.05) is 19.5 Å². The third-order valence-electron chi connectivity index (χ3n) is 4.46. The van der Waals surface area contributed by atoms with Gasteiger partial charge in [0.25, 0.3) is 0 Å². The number of benzene rings is 2. The second kappa shape index (κ2) is 7.98. The Labute approximate surface area is 158 Å². The highest BCUT2D eigenvalue weighted by Crippen LogP contribution is 2.30. The molecular weight excluding hydrogens is 368 g/mol. The minimum atomic E-state index is -3.89. The first kappa shape index (κ1) is 19.2. The number of likely N-dealkylation sites (N-methyl/N-ethyl adjacent to an activating group) is 1. The highest BCUT2D eigenvalue weighted by atomic mass is 32.2. The first-order valence-electron chi connectivity index (χ1n) is 8.55. The molecule has 144 valence electrons. The van der Waals surface area contributed by atoms with Crippen molar-refractivity contribution in [1.82, 2.24) is 9.62 Å². The zero-order chi connectivity index (χ0) is 19.4. The molecule has 0 aliphatic carbocycles. The maximum absolute atomic E-state index is 13.2. The van der Waals surface area contributed by atoms with Gasteiger partial charge in [-0.15, -0.1) is 0 Å². The third kappa shape index (κ3) is 4.06. The zero-order valence-corrected chi connectivity index (χ0v) is 16.0. The predicted octanol–water partition coefficient (Wildman–Crippen LogP) is 1.65. The van der Waals surface area contributed by atoms with Crippen molar-refractivity contribution in [2.24, 2.45) is 0 Å². The lowest BCUT2D eigenvalue weighted by Gasteiger charge is -2.22. The lowest BCUT2D eigenvalue weighted by atomic mass is 10.2. The van der Waals surface area contributed by atoms with Crippen LogP contribution in [0.5, 0.6) is 11.5 Å². The largest absolute Gasteiger partial charge is 0.497 e. The molecule has 7 nitrogen and oxygen atoms in total. The predicted molar refractivity (Wildman–Crippen MR) is 100 cm³/mol. The summed E-state index contributed by atoms with van der Waals surface area (Å²) in [4.78, 5) is 12.4. The van der Waals surface area contributed by atoms with Gasteiger partial charge >= 0.3 is 0 Å². The molecule has 1 amide bonds.